The average Bonchev–Trinajstić information content (AvgIpc) is 2.46. The molecule has 1 rings (SSSR count). The van der Waals surface area contributed by atoms with Crippen LogP contribution in [-0.2, 0) is 14.8 Å². The van der Waals surface area contributed by atoms with E-state index in [0.29, 0.717) is 12.8 Å². The highest BCUT2D eigenvalue weighted by molar-refractivity contribution is 7.90. The number of benzene rings is 1. The molecule has 0 saturated heterocycles. The van der Waals surface area contributed by atoms with Gasteiger partial charge in [-0.25, -0.2) is 26.3 Å². The van der Waals surface area contributed by atoms with E-state index < -0.39 is 43.8 Å². The highest BCUT2D eigenvalue weighted by atomic mass is 32.2. The fourth-order valence-electron chi connectivity index (χ4n) is 1.67. The van der Waals surface area contributed by atoms with Crippen LogP contribution in [0.4, 0.5) is 18.9 Å². The average molecular weight is 366 g/mol. The first-order valence-corrected chi connectivity index (χ1v) is 8.86. The number of carbonyl (C=O) groups excluding carboxylic acids is 1. The summed E-state index contributed by atoms with van der Waals surface area (Å²) in [4.78, 5) is 11.6. The van der Waals surface area contributed by atoms with E-state index in [1.807, 2.05) is 0 Å². The summed E-state index contributed by atoms with van der Waals surface area (Å²) in [6.45, 7) is 4.88. The van der Waals surface area contributed by atoms with Crippen molar-refractivity contribution in [3.05, 3.63) is 29.6 Å². The lowest BCUT2D eigenvalue weighted by Crippen LogP contribution is -2.39. The van der Waals surface area contributed by atoms with E-state index in [9.17, 15) is 26.4 Å². The van der Waals surface area contributed by atoms with Crippen molar-refractivity contribution in [3.63, 3.8) is 0 Å². The molecule has 1 aromatic rings. The second-order valence-corrected chi connectivity index (χ2v) is 8.76. The van der Waals surface area contributed by atoms with Gasteiger partial charge < -0.3 is 5.32 Å². The summed E-state index contributed by atoms with van der Waals surface area (Å²) in [5.74, 6) is -5.01. The second kappa shape index (κ2) is 7.98. The first kappa shape index (κ1) is 20.4. The zero-order valence-corrected chi connectivity index (χ0v) is 14.6. The van der Waals surface area contributed by atoms with Gasteiger partial charge in [-0.1, -0.05) is 0 Å². The molecule has 1 amide bonds. The monoisotopic (exact) mass is 366 g/mol. The number of amides is 1. The van der Waals surface area contributed by atoms with Crippen molar-refractivity contribution in [1.29, 1.82) is 0 Å². The fourth-order valence-corrected chi connectivity index (χ4v) is 2.51. The summed E-state index contributed by atoms with van der Waals surface area (Å²) in [5.41, 5.74) is -0.438. The molecule has 5 nitrogen and oxygen atoms in total. The molecule has 2 N–H and O–H groups in total. The van der Waals surface area contributed by atoms with Gasteiger partial charge in [0.2, 0.25) is 15.9 Å². The van der Waals surface area contributed by atoms with Crippen molar-refractivity contribution in [2.24, 2.45) is 0 Å². The Labute approximate surface area is 139 Å². The van der Waals surface area contributed by atoms with Gasteiger partial charge in [0, 0.05) is 13.0 Å². The van der Waals surface area contributed by atoms with Crippen LogP contribution in [-0.4, -0.2) is 25.6 Å². The summed E-state index contributed by atoms with van der Waals surface area (Å²) in [5, 5.41) is 2.15. The van der Waals surface area contributed by atoms with Gasteiger partial charge in [-0.05, 0) is 45.7 Å². The molecule has 0 radical (unpaired) electrons. The number of nitrogens with one attached hydrogen (secondary N) is 2. The SMILES string of the molecule is CC(C)(C)S(=O)(=O)NCCCCC(=O)Nc1ccc(F)c(F)c1F. The lowest BCUT2D eigenvalue weighted by Gasteiger charge is -2.19. The van der Waals surface area contributed by atoms with Crippen molar-refractivity contribution >= 4 is 21.6 Å². The van der Waals surface area contributed by atoms with Crippen LogP contribution < -0.4 is 10.0 Å². The highest BCUT2D eigenvalue weighted by Crippen LogP contribution is 2.20. The van der Waals surface area contributed by atoms with Crippen LogP contribution in [0.5, 0.6) is 0 Å². The van der Waals surface area contributed by atoms with E-state index >= 15 is 0 Å². The van der Waals surface area contributed by atoms with Crippen molar-refractivity contribution in [2.75, 3.05) is 11.9 Å². The van der Waals surface area contributed by atoms with Crippen LogP contribution >= 0.6 is 0 Å². The molecule has 0 saturated carbocycles. The van der Waals surface area contributed by atoms with Gasteiger partial charge in [0.05, 0.1) is 10.4 Å². The molecule has 0 spiro atoms. The van der Waals surface area contributed by atoms with Crippen LogP contribution in [0, 0.1) is 17.5 Å². The van der Waals surface area contributed by atoms with E-state index in [1.54, 1.807) is 20.8 Å². The normalized spacial score (nSPS) is 12.2. The third-order valence-corrected chi connectivity index (χ3v) is 5.43. The summed E-state index contributed by atoms with van der Waals surface area (Å²) in [6, 6.07) is 1.65. The lowest BCUT2D eigenvalue weighted by atomic mass is 10.2. The first-order chi connectivity index (χ1) is 11.0. The van der Waals surface area contributed by atoms with E-state index in [1.165, 1.54) is 0 Å². The Morgan fingerprint density at radius 3 is 2.29 bits per heavy atom. The fraction of sp³-hybridized carbons (Fsp3) is 0.533. The Bertz CT molecular complexity index is 701. The Morgan fingerprint density at radius 2 is 1.71 bits per heavy atom. The van der Waals surface area contributed by atoms with Gasteiger partial charge in [-0.15, -0.1) is 0 Å². The van der Waals surface area contributed by atoms with Crippen LogP contribution in [0.2, 0.25) is 0 Å². The summed E-state index contributed by atoms with van der Waals surface area (Å²) in [6.07, 6.45) is 0.752. The van der Waals surface area contributed by atoms with Crippen LogP contribution in [0.15, 0.2) is 12.1 Å². The molecular weight excluding hydrogens is 345 g/mol. The molecular formula is C15H21F3N2O3S. The number of hydrogen-bond donors (Lipinski definition) is 2. The molecule has 0 fully saturated rings. The topological polar surface area (TPSA) is 75.3 Å². The summed E-state index contributed by atoms with van der Waals surface area (Å²) < 4.78 is 64.3. The van der Waals surface area contributed by atoms with E-state index in [4.69, 9.17) is 0 Å². The summed E-state index contributed by atoms with van der Waals surface area (Å²) in [7, 11) is -3.44. The van der Waals surface area contributed by atoms with Gasteiger partial charge in [-0.2, -0.15) is 0 Å². The first-order valence-electron chi connectivity index (χ1n) is 7.38. The molecule has 0 aliphatic carbocycles. The van der Waals surface area contributed by atoms with E-state index in [-0.39, 0.29) is 13.0 Å². The molecule has 0 aromatic heterocycles. The minimum Gasteiger partial charge on any atom is -0.324 e. The minimum atomic E-state index is -3.44. The summed E-state index contributed by atoms with van der Waals surface area (Å²) >= 11 is 0. The zero-order chi connectivity index (χ0) is 18.5. The van der Waals surface area contributed by atoms with Crippen molar-refractivity contribution in [2.45, 2.75) is 44.8 Å². The van der Waals surface area contributed by atoms with Gasteiger partial charge in [0.1, 0.15) is 0 Å². The molecule has 0 heterocycles. The molecule has 0 bridgehead atoms. The molecule has 0 aliphatic rings. The molecule has 0 atom stereocenters. The Kier molecular flexibility index (Phi) is 6.79. The predicted molar refractivity (Wildman–Crippen MR) is 85.5 cm³/mol. The minimum absolute atomic E-state index is 0.00428. The third kappa shape index (κ3) is 5.48. The van der Waals surface area contributed by atoms with Crippen molar-refractivity contribution < 1.29 is 26.4 Å². The van der Waals surface area contributed by atoms with Gasteiger partial charge in [0.15, 0.2) is 17.5 Å². The lowest BCUT2D eigenvalue weighted by molar-refractivity contribution is -0.116. The van der Waals surface area contributed by atoms with Crippen molar-refractivity contribution in [1.82, 2.24) is 4.72 Å². The second-order valence-electron chi connectivity index (χ2n) is 6.24. The molecule has 0 aliphatic heterocycles. The standard InChI is InChI=1S/C15H21F3N2O3S/c1-15(2,3)24(22,23)19-9-5-4-6-12(21)20-11-8-7-10(16)13(17)14(11)18/h7-8,19H,4-6,9H2,1-3H3,(H,20,21). The van der Waals surface area contributed by atoms with Crippen LogP contribution in [0.25, 0.3) is 0 Å². The molecule has 1 aromatic carbocycles. The van der Waals surface area contributed by atoms with Gasteiger partial charge in [0.25, 0.3) is 0 Å². The predicted octanol–water partition coefficient (Wildman–Crippen LogP) is 2.93. The zero-order valence-electron chi connectivity index (χ0n) is 13.8. The Hall–Kier alpha value is -1.61. The van der Waals surface area contributed by atoms with Gasteiger partial charge >= 0.3 is 0 Å². The quantitative estimate of drug-likeness (QED) is 0.575. The third-order valence-electron chi connectivity index (χ3n) is 3.24. The van der Waals surface area contributed by atoms with E-state index in [0.717, 1.165) is 12.1 Å². The molecule has 9 heteroatoms. The van der Waals surface area contributed by atoms with Crippen molar-refractivity contribution in [3.8, 4) is 0 Å². The molecule has 136 valence electrons. The smallest absolute Gasteiger partial charge is 0.224 e. The van der Waals surface area contributed by atoms with Crippen LogP contribution in [0.1, 0.15) is 40.0 Å². The maximum Gasteiger partial charge on any atom is 0.224 e. The number of halogens is 3. The number of rotatable bonds is 7. The molecule has 24 heavy (non-hydrogen) atoms. The van der Waals surface area contributed by atoms with Crippen LogP contribution in [0.3, 0.4) is 0 Å². The van der Waals surface area contributed by atoms with Gasteiger partial charge in [-0.3, -0.25) is 4.79 Å². The number of hydrogen-bond acceptors (Lipinski definition) is 3. The largest absolute Gasteiger partial charge is 0.324 e. The number of unbranched alkanes of at least 4 members (excludes halogenated alkanes) is 1. The Balaban J connectivity index is 2.40. The maximum absolute atomic E-state index is 13.4. The molecule has 0 unspecified atom stereocenters. The number of carbonyl (C=O) groups is 1. The number of sulfonamides is 1. The highest BCUT2D eigenvalue weighted by Gasteiger charge is 2.28. The Morgan fingerprint density at radius 1 is 1.08 bits per heavy atom. The number of anilines is 1. The maximum atomic E-state index is 13.4. The van der Waals surface area contributed by atoms with E-state index in [2.05, 4.69) is 10.0 Å².